The van der Waals surface area contributed by atoms with Crippen molar-refractivity contribution in [3.05, 3.63) is 33.8 Å². The number of amides is 1. The van der Waals surface area contributed by atoms with Crippen molar-refractivity contribution in [2.45, 2.75) is 38.6 Å². The minimum atomic E-state index is -0.359. The van der Waals surface area contributed by atoms with Crippen molar-refractivity contribution in [1.29, 1.82) is 0 Å². The van der Waals surface area contributed by atoms with Gasteiger partial charge in [-0.05, 0) is 42.9 Å². The first-order valence-electron chi connectivity index (χ1n) is 7.25. The van der Waals surface area contributed by atoms with Gasteiger partial charge >= 0.3 is 0 Å². The zero-order chi connectivity index (χ0) is 15.8. The minimum absolute atomic E-state index is 0.00636. The van der Waals surface area contributed by atoms with Gasteiger partial charge in [-0.2, -0.15) is 0 Å². The summed E-state index contributed by atoms with van der Waals surface area (Å²) in [7, 11) is 0. The lowest BCUT2D eigenvalue weighted by atomic mass is 9.88. The number of benzene rings is 1. The third kappa shape index (κ3) is 3.53. The van der Waals surface area contributed by atoms with Gasteiger partial charge in [0, 0.05) is 12.5 Å². The van der Waals surface area contributed by atoms with E-state index in [1.165, 1.54) is 0 Å². The molecule has 116 valence electrons. The number of nitrogens with one attached hydrogen (secondary N) is 1. The first-order chi connectivity index (χ1) is 9.78. The fourth-order valence-corrected chi connectivity index (χ4v) is 2.71. The van der Waals surface area contributed by atoms with Crippen molar-refractivity contribution >= 4 is 29.1 Å². The van der Waals surface area contributed by atoms with E-state index in [0.717, 1.165) is 12.0 Å². The SMILES string of the molecule is CC(C)C(C)(CN)NC(=O)C1CC1c1ccc(Cl)c(Cl)c1. The Hall–Kier alpha value is -0.770. The maximum absolute atomic E-state index is 12.4. The number of halogens is 2. The number of hydrogen-bond acceptors (Lipinski definition) is 2. The molecule has 0 bridgehead atoms. The predicted molar refractivity (Wildman–Crippen MR) is 87.8 cm³/mol. The Kier molecular flexibility index (Phi) is 4.86. The molecule has 0 saturated heterocycles. The van der Waals surface area contributed by atoms with E-state index >= 15 is 0 Å². The molecule has 3 N–H and O–H groups in total. The van der Waals surface area contributed by atoms with Crippen LogP contribution in [-0.2, 0) is 4.79 Å². The van der Waals surface area contributed by atoms with Crippen LogP contribution in [0.5, 0.6) is 0 Å². The number of carbonyl (C=O) groups excluding carboxylic acids is 1. The summed E-state index contributed by atoms with van der Waals surface area (Å²) in [4.78, 5) is 12.4. The molecule has 0 heterocycles. The molecule has 0 radical (unpaired) electrons. The second-order valence-electron chi connectivity index (χ2n) is 6.39. The van der Waals surface area contributed by atoms with E-state index in [2.05, 4.69) is 19.2 Å². The van der Waals surface area contributed by atoms with Crippen molar-refractivity contribution < 1.29 is 4.79 Å². The molecular formula is C16H22Cl2N2O. The molecule has 2 rings (SSSR count). The molecule has 1 aromatic carbocycles. The summed E-state index contributed by atoms with van der Waals surface area (Å²) >= 11 is 12.0. The van der Waals surface area contributed by atoms with E-state index in [1.807, 2.05) is 19.1 Å². The van der Waals surface area contributed by atoms with E-state index < -0.39 is 0 Å². The third-order valence-corrected chi connectivity index (χ3v) is 5.35. The van der Waals surface area contributed by atoms with Crippen molar-refractivity contribution in [3.8, 4) is 0 Å². The van der Waals surface area contributed by atoms with Gasteiger partial charge in [-0.15, -0.1) is 0 Å². The molecule has 3 atom stereocenters. The van der Waals surface area contributed by atoms with Gasteiger partial charge in [0.25, 0.3) is 0 Å². The van der Waals surface area contributed by atoms with Gasteiger partial charge in [0.2, 0.25) is 5.91 Å². The van der Waals surface area contributed by atoms with Crippen molar-refractivity contribution in [1.82, 2.24) is 5.32 Å². The predicted octanol–water partition coefficient (Wildman–Crippen LogP) is 3.59. The van der Waals surface area contributed by atoms with Crippen LogP contribution in [0, 0.1) is 11.8 Å². The molecule has 0 aromatic heterocycles. The lowest BCUT2D eigenvalue weighted by molar-refractivity contribution is -0.124. The summed E-state index contributed by atoms with van der Waals surface area (Å²) in [6.07, 6.45) is 0.850. The molecular weight excluding hydrogens is 307 g/mol. The maximum atomic E-state index is 12.4. The van der Waals surface area contributed by atoms with Crippen molar-refractivity contribution in [2.75, 3.05) is 6.54 Å². The largest absolute Gasteiger partial charge is 0.349 e. The van der Waals surface area contributed by atoms with Crippen LogP contribution in [0.15, 0.2) is 18.2 Å². The molecule has 1 saturated carbocycles. The second kappa shape index (κ2) is 6.15. The molecule has 1 aliphatic carbocycles. The Morgan fingerprint density at radius 1 is 1.43 bits per heavy atom. The summed E-state index contributed by atoms with van der Waals surface area (Å²) in [6, 6.07) is 5.58. The van der Waals surface area contributed by atoms with Gasteiger partial charge < -0.3 is 11.1 Å². The smallest absolute Gasteiger partial charge is 0.224 e. The van der Waals surface area contributed by atoms with Gasteiger partial charge in [-0.1, -0.05) is 43.1 Å². The summed E-state index contributed by atoms with van der Waals surface area (Å²) in [6.45, 7) is 6.56. The zero-order valence-corrected chi connectivity index (χ0v) is 14.1. The van der Waals surface area contributed by atoms with Crippen LogP contribution in [0.3, 0.4) is 0 Å². The molecule has 5 heteroatoms. The topological polar surface area (TPSA) is 55.1 Å². The highest BCUT2D eigenvalue weighted by Crippen LogP contribution is 2.48. The molecule has 1 aliphatic rings. The molecule has 1 aromatic rings. The molecule has 1 fully saturated rings. The van der Waals surface area contributed by atoms with Gasteiger partial charge in [0.1, 0.15) is 0 Å². The lowest BCUT2D eigenvalue weighted by Gasteiger charge is -2.33. The van der Waals surface area contributed by atoms with Crippen LogP contribution >= 0.6 is 23.2 Å². The standard InChI is InChI=1S/C16H22Cl2N2O/c1-9(2)16(3,8-19)20-15(21)12-7-11(12)10-4-5-13(17)14(18)6-10/h4-6,9,11-12H,7-8,19H2,1-3H3,(H,20,21). The summed E-state index contributed by atoms with van der Waals surface area (Å²) in [5, 5.41) is 4.18. The van der Waals surface area contributed by atoms with E-state index in [9.17, 15) is 4.79 Å². The van der Waals surface area contributed by atoms with Gasteiger partial charge in [-0.3, -0.25) is 4.79 Å². The number of rotatable bonds is 5. The fourth-order valence-electron chi connectivity index (χ4n) is 2.40. The summed E-state index contributed by atoms with van der Waals surface area (Å²) in [5.41, 5.74) is 6.53. The highest BCUT2D eigenvalue weighted by Gasteiger charge is 2.45. The first kappa shape index (κ1) is 16.6. The van der Waals surface area contributed by atoms with Crippen molar-refractivity contribution in [3.63, 3.8) is 0 Å². The van der Waals surface area contributed by atoms with Crippen LogP contribution < -0.4 is 11.1 Å². The third-order valence-electron chi connectivity index (χ3n) is 4.61. The number of hydrogen-bond donors (Lipinski definition) is 2. The van der Waals surface area contributed by atoms with Gasteiger partial charge in [-0.25, -0.2) is 0 Å². The normalized spacial score (nSPS) is 23.8. The Balaban J connectivity index is 2.02. The molecule has 0 spiro atoms. The fraction of sp³-hybridized carbons (Fsp3) is 0.562. The monoisotopic (exact) mass is 328 g/mol. The Morgan fingerprint density at radius 3 is 2.62 bits per heavy atom. The maximum Gasteiger partial charge on any atom is 0.224 e. The quantitative estimate of drug-likeness (QED) is 0.867. The molecule has 1 amide bonds. The average molecular weight is 329 g/mol. The highest BCUT2D eigenvalue weighted by molar-refractivity contribution is 6.42. The van der Waals surface area contributed by atoms with Crippen LogP contribution in [0.4, 0.5) is 0 Å². The Morgan fingerprint density at radius 2 is 2.10 bits per heavy atom. The van der Waals surface area contributed by atoms with E-state index in [4.69, 9.17) is 28.9 Å². The Labute approximate surface area is 136 Å². The van der Waals surface area contributed by atoms with Gasteiger partial charge in [0.15, 0.2) is 0 Å². The van der Waals surface area contributed by atoms with Crippen LogP contribution in [0.2, 0.25) is 10.0 Å². The van der Waals surface area contributed by atoms with E-state index in [-0.39, 0.29) is 29.2 Å². The van der Waals surface area contributed by atoms with Crippen LogP contribution in [-0.4, -0.2) is 18.0 Å². The Bertz CT molecular complexity index is 547. The average Bonchev–Trinajstić information content (AvgIpc) is 3.22. The van der Waals surface area contributed by atoms with Crippen LogP contribution in [0.25, 0.3) is 0 Å². The van der Waals surface area contributed by atoms with E-state index in [1.54, 1.807) is 6.07 Å². The summed E-state index contributed by atoms with van der Waals surface area (Å²) < 4.78 is 0. The number of nitrogens with two attached hydrogens (primary N) is 1. The zero-order valence-electron chi connectivity index (χ0n) is 12.6. The van der Waals surface area contributed by atoms with E-state index in [0.29, 0.717) is 16.6 Å². The number of carbonyl (C=O) groups is 1. The second-order valence-corrected chi connectivity index (χ2v) is 7.20. The molecule has 0 aliphatic heterocycles. The molecule has 3 nitrogen and oxygen atoms in total. The van der Waals surface area contributed by atoms with Crippen molar-refractivity contribution in [2.24, 2.45) is 17.6 Å². The first-order valence-corrected chi connectivity index (χ1v) is 8.01. The molecule has 3 unspecified atom stereocenters. The van der Waals surface area contributed by atoms with Crippen LogP contribution in [0.1, 0.15) is 38.7 Å². The summed E-state index contributed by atoms with van der Waals surface area (Å²) in [5.74, 6) is 0.599. The lowest BCUT2D eigenvalue weighted by Crippen LogP contribution is -2.55. The minimum Gasteiger partial charge on any atom is -0.349 e. The highest BCUT2D eigenvalue weighted by atomic mass is 35.5. The van der Waals surface area contributed by atoms with Gasteiger partial charge in [0.05, 0.1) is 15.6 Å². The molecule has 21 heavy (non-hydrogen) atoms.